The fourth-order valence-corrected chi connectivity index (χ4v) is 6.44. The number of urea groups is 1. The average molecular weight is 436 g/mol. The minimum Gasteiger partial charge on any atom is -0.375 e. The third kappa shape index (κ3) is 4.65. The topological polar surface area (TPSA) is 79.0 Å². The molecule has 1 unspecified atom stereocenters. The molecule has 1 aliphatic carbocycles. The van der Waals surface area contributed by atoms with Crippen LogP contribution in [0.15, 0.2) is 24.3 Å². The molecule has 1 aromatic carbocycles. The Kier molecular flexibility index (Phi) is 6.10. The van der Waals surface area contributed by atoms with Crippen molar-refractivity contribution in [3.63, 3.8) is 0 Å². The van der Waals surface area contributed by atoms with Crippen LogP contribution in [-0.4, -0.2) is 66.8 Å². The van der Waals surface area contributed by atoms with Gasteiger partial charge >= 0.3 is 6.03 Å². The summed E-state index contributed by atoms with van der Waals surface area (Å²) < 4.78 is 33.4. The Bertz CT molecular complexity index is 876. The molecule has 1 atom stereocenters. The SMILES string of the molecule is CCS(=O)(=O)N(C1CC1)C1CCOC2(CCN(C(=O)Nc3cccc(C)c3)CC2)C1. The van der Waals surface area contributed by atoms with Crippen molar-refractivity contribution in [1.82, 2.24) is 9.21 Å². The van der Waals surface area contributed by atoms with Crippen LogP contribution in [0.2, 0.25) is 0 Å². The van der Waals surface area contributed by atoms with Crippen LogP contribution >= 0.6 is 0 Å². The minimum atomic E-state index is -3.21. The predicted molar refractivity (Wildman–Crippen MR) is 117 cm³/mol. The van der Waals surface area contributed by atoms with Gasteiger partial charge in [-0.25, -0.2) is 13.2 Å². The third-order valence-electron chi connectivity index (χ3n) is 6.65. The second-order valence-electron chi connectivity index (χ2n) is 8.93. The molecule has 30 heavy (non-hydrogen) atoms. The van der Waals surface area contributed by atoms with Gasteiger partial charge in [-0.05, 0) is 70.1 Å². The van der Waals surface area contributed by atoms with Gasteiger partial charge in [0.2, 0.25) is 10.0 Å². The zero-order chi connectivity index (χ0) is 21.4. The lowest BCUT2D eigenvalue weighted by Crippen LogP contribution is -2.56. The van der Waals surface area contributed by atoms with Crippen molar-refractivity contribution < 1.29 is 17.9 Å². The summed E-state index contributed by atoms with van der Waals surface area (Å²) in [6.07, 6.45) is 4.92. The number of piperidine rings is 1. The molecule has 7 nitrogen and oxygen atoms in total. The van der Waals surface area contributed by atoms with Gasteiger partial charge in [0, 0.05) is 37.5 Å². The molecule has 2 amide bonds. The molecule has 2 saturated heterocycles. The van der Waals surface area contributed by atoms with Gasteiger partial charge in [-0.1, -0.05) is 12.1 Å². The smallest absolute Gasteiger partial charge is 0.321 e. The largest absolute Gasteiger partial charge is 0.375 e. The number of anilines is 1. The van der Waals surface area contributed by atoms with Crippen LogP contribution in [0, 0.1) is 6.92 Å². The summed E-state index contributed by atoms with van der Waals surface area (Å²) in [6, 6.07) is 7.89. The van der Waals surface area contributed by atoms with Gasteiger partial charge in [-0.3, -0.25) is 0 Å². The molecule has 0 aromatic heterocycles. The second kappa shape index (κ2) is 8.48. The van der Waals surface area contributed by atoms with Crippen molar-refractivity contribution in [3.8, 4) is 0 Å². The highest BCUT2D eigenvalue weighted by molar-refractivity contribution is 7.89. The van der Waals surface area contributed by atoms with Gasteiger partial charge < -0.3 is 15.0 Å². The molecular weight excluding hydrogens is 402 g/mol. The number of carbonyl (C=O) groups is 1. The normalized spacial score (nSPS) is 24.2. The Morgan fingerprint density at radius 1 is 1.23 bits per heavy atom. The number of nitrogens with one attached hydrogen (secondary N) is 1. The van der Waals surface area contributed by atoms with Gasteiger partial charge in [0.15, 0.2) is 0 Å². The van der Waals surface area contributed by atoms with Crippen molar-refractivity contribution in [1.29, 1.82) is 0 Å². The van der Waals surface area contributed by atoms with Crippen molar-refractivity contribution in [3.05, 3.63) is 29.8 Å². The third-order valence-corrected chi connectivity index (χ3v) is 8.62. The van der Waals surface area contributed by atoms with Crippen LogP contribution in [0.3, 0.4) is 0 Å². The Hall–Kier alpha value is -1.64. The molecule has 166 valence electrons. The van der Waals surface area contributed by atoms with Gasteiger partial charge in [0.25, 0.3) is 0 Å². The molecule has 1 aromatic rings. The Morgan fingerprint density at radius 3 is 2.60 bits per heavy atom. The number of aryl methyl sites for hydroxylation is 1. The first-order chi connectivity index (χ1) is 14.3. The molecule has 4 rings (SSSR count). The highest BCUT2D eigenvalue weighted by Crippen LogP contribution is 2.41. The number of hydrogen-bond donors (Lipinski definition) is 1. The summed E-state index contributed by atoms with van der Waals surface area (Å²) in [5.74, 6) is 0.154. The van der Waals surface area contributed by atoms with E-state index in [4.69, 9.17) is 4.74 Å². The summed E-state index contributed by atoms with van der Waals surface area (Å²) >= 11 is 0. The number of nitrogens with zero attached hydrogens (tertiary/aromatic N) is 2. The molecule has 1 N–H and O–H groups in total. The number of benzene rings is 1. The number of carbonyl (C=O) groups excluding carboxylic acids is 1. The Labute approximate surface area is 179 Å². The van der Waals surface area contributed by atoms with Gasteiger partial charge in [-0.2, -0.15) is 4.31 Å². The molecule has 2 heterocycles. The van der Waals surface area contributed by atoms with Gasteiger partial charge in [0.05, 0.1) is 11.4 Å². The number of sulfonamides is 1. The summed E-state index contributed by atoms with van der Waals surface area (Å²) in [5.41, 5.74) is 1.59. The summed E-state index contributed by atoms with van der Waals surface area (Å²) in [5, 5.41) is 2.98. The molecule has 1 spiro atoms. The Balaban J connectivity index is 1.38. The predicted octanol–water partition coefficient (Wildman–Crippen LogP) is 3.35. The van der Waals surface area contributed by atoms with E-state index in [1.165, 1.54) is 0 Å². The Morgan fingerprint density at radius 2 is 1.97 bits per heavy atom. The lowest BCUT2D eigenvalue weighted by molar-refractivity contribution is -0.122. The van der Waals surface area contributed by atoms with Crippen molar-refractivity contribution in [2.75, 3.05) is 30.8 Å². The van der Waals surface area contributed by atoms with E-state index >= 15 is 0 Å². The zero-order valence-electron chi connectivity index (χ0n) is 18.0. The molecule has 0 bridgehead atoms. The van der Waals surface area contributed by atoms with Crippen molar-refractivity contribution in [2.45, 2.75) is 70.1 Å². The van der Waals surface area contributed by atoms with E-state index in [-0.39, 0.29) is 29.5 Å². The average Bonchev–Trinajstić information content (AvgIpc) is 3.53. The van der Waals surface area contributed by atoms with E-state index in [1.54, 1.807) is 11.2 Å². The van der Waals surface area contributed by atoms with Crippen molar-refractivity contribution >= 4 is 21.7 Å². The zero-order valence-corrected chi connectivity index (χ0v) is 18.8. The second-order valence-corrected chi connectivity index (χ2v) is 11.1. The highest BCUT2D eigenvalue weighted by Gasteiger charge is 2.48. The van der Waals surface area contributed by atoms with E-state index in [9.17, 15) is 13.2 Å². The lowest BCUT2D eigenvalue weighted by atomic mass is 9.82. The number of amides is 2. The van der Waals surface area contributed by atoms with E-state index < -0.39 is 10.0 Å². The number of rotatable bonds is 5. The first-order valence-corrected chi connectivity index (χ1v) is 12.7. The van der Waals surface area contributed by atoms with E-state index in [0.29, 0.717) is 19.7 Å². The molecule has 3 aliphatic rings. The molecule has 3 fully saturated rings. The lowest BCUT2D eigenvalue weighted by Gasteiger charge is -2.48. The first kappa shape index (κ1) is 21.6. The van der Waals surface area contributed by atoms with Gasteiger partial charge in [-0.15, -0.1) is 0 Å². The fraction of sp³-hybridized carbons (Fsp3) is 0.682. The quantitative estimate of drug-likeness (QED) is 0.769. The van der Waals surface area contributed by atoms with Gasteiger partial charge in [0.1, 0.15) is 0 Å². The summed E-state index contributed by atoms with van der Waals surface area (Å²) in [7, 11) is -3.21. The van der Waals surface area contributed by atoms with Crippen LogP contribution in [0.25, 0.3) is 0 Å². The van der Waals surface area contributed by atoms with Crippen LogP contribution in [-0.2, 0) is 14.8 Å². The van der Waals surface area contributed by atoms with Crippen LogP contribution in [0.5, 0.6) is 0 Å². The first-order valence-electron chi connectivity index (χ1n) is 11.1. The molecule has 8 heteroatoms. The number of hydrogen-bond acceptors (Lipinski definition) is 4. The standard InChI is InChI=1S/C22H33N3O4S/c1-3-30(27,28)25(19-7-8-19)20-9-14-29-22(16-20)10-12-24(13-11-22)21(26)23-18-6-4-5-17(2)15-18/h4-6,15,19-20H,3,7-14,16H2,1-2H3,(H,23,26). The van der Waals surface area contributed by atoms with Crippen LogP contribution in [0.4, 0.5) is 10.5 Å². The molecule has 0 radical (unpaired) electrons. The van der Waals surface area contributed by atoms with Crippen LogP contribution < -0.4 is 5.32 Å². The molecule has 1 saturated carbocycles. The monoisotopic (exact) mass is 435 g/mol. The summed E-state index contributed by atoms with van der Waals surface area (Å²) in [6.45, 7) is 5.55. The fourth-order valence-electron chi connectivity index (χ4n) is 4.84. The minimum absolute atomic E-state index is 0.0175. The molecule has 2 aliphatic heterocycles. The van der Waals surface area contributed by atoms with E-state index in [2.05, 4.69) is 5.32 Å². The maximum absolute atomic E-state index is 12.7. The van der Waals surface area contributed by atoms with E-state index in [1.807, 2.05) is 36.1 Å². The number of ether oxygens (including phenoxy) is 1. The van der Waals surface area contributed by atoms with Crippen molar-refractivity contribution in [2.24, 2.45) is 0 Å². The molecular formula is C22H33N3O4S. The van der Waals surface area contributed by atoms with Crippen LogP contribution in [0.1, 0.15) is 51.0 Å². The maximum Gasteiger partial charge on any atom is 0.321 e. The highest BCUT2D eigenvalue weighted by atomic mass is 32.2. The number of likely N-dealkylation sites (tertiary alicyclic amines) is 1. The maximum atomic E-state index is 12.7. The van der Waals surface area contributed by atoms with E-state index in [0.717, 1.165) is 49.8 Å². The summed E-state index contributed by atoms with van der Waals surface area (Å²) in [4.78, 5) is 14.5.